The van der Waals surface area contributed by atoms with Gasteiger partial charge in [0, 0.05) is 0 Å². The summed E-state index contributed by atoms with van der Waals surface area (Å²) < 4.78 is 9.41. The molecule has 0 spiro atoms. The van der Waals surface area contributed by atoms with Crippen molar-refractivity contribution in [1.82, 2.24) is 10.6 Å². The second-order valence-corrected chi connectivity index (χ2v) is 4.93. The first-order valence-electron chi connectivity index (χ1n) is 7.08. The molecule has 1 fully saturated rings. The maximum atomic E-state index is 12.3. The number of carbonyl (C=O) groups excluding carboxylic acids is 4. The molecule has 1 saturated heterocycles. The molecule has 24 heavy (non-hydrogen) atoms. The lowest BCUT2D eigenvalue weighted by Crippen LogP contribution is -2.38. The Kier molecular flexibility index (Phi) is 5.35. The van der Waals surface area contributed by atoms with Gasteiger partial charge in [0.1, 0.15) is 18.3 Å². The topological polar surface area (TPSA) is 114 Å². The Bertz CT molecular complexity index is 658. The number of urea groups is 1. The summed E-state index contributed by atoms with van der Waals surface area (Å²) in [6.45, 7) is -0.299. The van der Waals surface area contributed by atoms with Gasteiger partial charge in [-0.15, -0.1) is 0 Å². The van der Waals surface area contributed by atoms with Gasteiger partial charge in [-0.25, -0.2) is 9.69 Å². The van der Waals surface area contributed by atoms with Crippen molar-refractivity contribution in [2.24, 2.45) is 0 Å². The Morgan fingerprint density at radius 1 is 1.21 bits per heavy atom. The SMILES string of the molecule is COC(=O)CNC(=O)C[C@@H]1NC(=O)N(c2ccc(OC)cc2)C1=O. The second kappa shape index (κ2) is 7.44. The zero-order valence-corrected chi connectivity index (χ0v) is 13.2. The first kappa shape index (κ1) is 17.3. The maximum Gasteiger partial charge on any atom is 0.329 e. The van der Waals surface area contributed by atoms with Gasteiger partial charge in [0.2, 0.25) is 5.91 Å². The fourth-order valence-electron chi connectivity index (χ4n) is 2.15. The number of methoxy groups -OCH3 is 2. The fraction of sp³-hybridized carbons (Fsp3) is 0.333. The number of nitrogens with one attached hydrogen (secondary N) is 2. The quantitative estimate of drug-likeness (QED) is 0.550. The van der Waals surface area contributed by atoms with Crippen LogP contribution in [0.1, 0.15) is 6.42 Å². The number of rotatable bonds is 6. The van der Waals surface area contributed by atoms with Crippen LogP contribution in [0.2, 0.25) is 0 Å². The van der Waals surface area contributed by atoms with Gasteiger partial charge in [0.05, 0.1) is 26.3 Å². The second-order valence-electron chi connectivity index (χ2n) is 4.93. The van der Waals surface area contributed by atoms with Crippen LogP contribution in [-0.4, -0.2) is 50.6 Å². The van der Waals surface area contributed by atoms with Gasteiger partial charge in [0.15, 0.2) is 0 Å². The lowest BCUT2D eigenvalue weighted by Gasteiger charge is -2.13. The van der Waals surface area contributed by atoms with Gasteiger partial charge in [0.25, 0.3) is 5.91 Å². The minimum absolute atomic E-state index is 0.270. The summed E-state index contributed by atoms with van der Waals surface area (Å²) in [6.07, 6.45) is -0.270. The normalized spacial score (nSPS) is 16.6. The smallest absolute Gasteiger partial charge is 0.329 e. The van der Waals surface area contributed by atoms with Gasteiger partial charge in [-0.2, -0.15) is 0 Å². The van der Waals surface area contributed by atoms with E-state index in [0.29, 0.717) is 11.4 Å². The average molecular weight is 335 g/mol. The molecule has 0 unspecified atom stereocenters. The number of hydrogen-bond acceptors (Lipinski definition) is 6. The monoisotopic (exact) mass is 335 g/mol. The zero-order valence-electron chi connectivity index (χ0n) is 13.2. The fourth-order valence-corrected chi connectivity index (χ4v) is 2.15. The van der Waals surface area contributed by atoms with Crippen LogP contribution in [0.3, 0.4) is 0 Å². The van der Waals surface area contributed by atoms with E-state index in [1.54, 1.807) is 24.3 Å². The van der Waals surface area contributed by atoms with Crippen molar-refractivity contribution in [3.8, 4) is 5.75 Å². The largest absolute Gasteiger partial charge is 0.497 e. The van der Waals surface area contributed by atoms with Crippen LogP contribution in [0.4, 0.5) is 10.5 Å². The zero-order chi connectivity index (χ0) is 17.7. The van der Waals surface area contributed by atoms with Gasteiger partial charge >= 0.3 is 12.0 Å². The summed E-state index contributed by atoms with van der Waals surface area (Å²) in [5.74, 6) is -1.11. The molecule has 0 aliphatic carbocycles. The number of benzene rings is 1. The summed E-state index contributed by atoms with van der Waals surface area (Å²) in [5, 5.41) is 4.76. The van der Waals surface area contributed by atoms with Crippen LogP contribution >= 0.6 is 0 Å². The number of hydrogen-bond donors (Lipinski definition) is 2. The van der Waals surface area contributed by atoms with Crippen molar-refractivity contribution in [2.45, 2.75) is 12.5 Å². The standard InChI is InChI=1S/C15H17N3O6/c1-23-10-5-3-9(4-6-10)18-14(21)11(17-15(18)22)7-12(19)16-8-13(20)24-2/h3-6,11H,7-8H2,1-2H3,(H,16,19)(H,17,22)/t11-/m0/s1. The number of nitrogens with zero attached hydrogens (tertiary/aromatic N) is 1. The van der Waals surface area contributed by atoms with E-state index in [1.165, 1.54) is 14.2 Å². The van der Waals surface area contributed by atoms with Gasteiger partial charge < -0.3 is 20.1 Å². The summed E-state index contributed by atoms with van der Waals surface area (Å²) >= 11 is 0. The summed E-state index contributed by atoms with van der Waals surface area (Å²) in [6, 6.07) is 4.76. The molecule has 128 valence electrons. The predicted octanol–water partition coefficient (Wildman–Crippen LogP) is -0.201. The number of amides is 4. The Morgan fingerprint density at radius 2 is 1.88 bits per heavy atom. The molecule has 1 heterocycles. The lowest BCUT2D eigenvalue weighted by molar-refractivity contribution is -0.141. The van der Waals surface area contributed by atoms with E-state index in [1.807, 2.05) is 0 Å². The van der Waals surface area contributed by atoms with Gasteiger partial charge in [-0.1, -0.05) is 0 Å². The molecule has 1 atom stereocenters. The van der Waals surface area contributed by atoms with Crippen LogP contribution in [0.25, 0.3) is 0 Å². The molecule has 4 amide bonds. The van der Waals surface area contributed by atoms with Crippen LogP contribution in [0.5, 0.6) is 5.75 Å². The molecule has 0 bridgehead atoms. The maximum absolute atomic E-state index is 12.3. The third-order valence-corrected chi connectivity index (χ3v) is 3.40. The number of carbonyl (C=O) groups is 4. The molecule has 0 radical (unpaired) electrons. The highest BCUT2D eigenvalue weighted by Crippen LogP contribution is 2.23. The number of esters is 1. The number of anilines is 1. The highest BCUT2D eigenvalue weighted by atomic mass is 16.5. The van der Waals surface area contributed by atoms with E-state index in [-0.39, 0.29) is 13.0 Å². The van der Waals surface area contributed by atoms with E-state index in [4.69, 9.17) is 4.74 Å². The molecule has 2 rings (SSSR count). The molecule has 0 saturated carbocycles. The lowest BCUT2D eigenvalue weighted by atomic mass is 10.2. The van der Waals surface area contributed by atoms with Crippen molar-refractivity contribution >= 4 is 29.5 Å². The number of ether oxygens (including phenoxy) is 2. The Labute approximate surface area is 137 Å². The first-order chi connectivity index (χ1) is 11.5. The van der Waals surface area contributed by atoms with Crippen molar-refractivity contribution in [1.29, 1.82) is 0 Å². The molecular formula is C15H17N3O6. The molecular weight excluding hydrogens is 318 g/mol. The Morgan fingerprint density at radius 3 is 2.46 bits per heavy atom. The third-order valence-electron chi connectivity index (χ3n) is 3.40. The summed E-state index contributed by atoms with van der Waals surface area (Å²) in [7, 11) is 2.70. The van der Waals surface area contributed by atoms with Crippen molar-refractivity contribution in [2.75, 3.05) is 25.7 Å². The van der Waals surface area contributed by atoms with Crippen molar-refractivity contribution in [3.63, 3.8) is 0 Å². The Balaban J connectivity index is 2.00. The molecule has 0 aromatic heterocycles. The first-order valence-corrected chi connectivity index (χ1v) is 7.08. The molecule has 1 aromatic carbocycles. The molecule has 1 aliphatic rings. The molecule has 9 heteroatoms. The predicted molar refractivity (Wildman–Crippen MR) is 82.4 cm³/mol. The molecule has 9 nitrogen and oxygen atoms in total. The van der Waals surface area contributed by atoms with Crippen LogP contribution in [0.15, 0.2) is 24.3 Å². The molecule has 2 N–H and O–H groups in total. The molecule has 1 aliphatic heterocycles. The highest BCUT2D eigenvalue weighted by molar-refractivity contribution is 6.22. The van der Waals surface area contributed by atoms with Crippen LogP contribution in [-0.2, 0) is 19.1 Å². The van der Waals surface area contributed by atoms with E-state index >= 15 is 0 Å². The summed E-state index contributed by atoms with van der Waals surface area (Å²) in [4.78, 5) is 48.0. The highest BCUT2D eigenvalue weighted by Gasteiger charge is 2.40. The van der Waals surface area contributed by atoms with Gasteiger partial charge in [-0.05, 0) is 24.3 Å². The number of imide groups is 1. The molecule has 1 aromatic rings. The van der Waals surface area contributed by atoms with Crippen molar-refractivity contribution in [3.05, 3.63) is 24.3 Å². The van der Waals surface area contributed by atoms with E-state index in [0.717, 1.165) is 4.90 Å². The average Bonchev–Trinajstić information content (AvgIpc) is 2.86. The van der Waals surface area contributed by atoms with E-state index in [2.05, 4.69) is 15.4 Å². The van der Waals surface area contributed by atoms with Gasteiger partial charge in [-0.3, -0.25) is 14.4 Å². The third kappa shape index (κ3) is 3.80. The minimum atomic E-state index is -0.989. The summed E-state index contributed by atoms with van der Waals surface area (Å²) in [5.41, 5.74) is 0.371. The minimum Gasteiger partial charge on any atom is -0.497 e. The van der Waals surface area contributed by atoms with E-state index < -0.39 is 29.9 Å². The van der Waals surface area contributed by atoms with Crippen LogP contribution in [0, 0.1) is 0 Å². The van der Waals surface area contributed by atoms with Crippen LogP contribution < -0.4 is 20.3 Å². The Hall–Kier alpha value is -3.10. The van der Waals surface area contributed by atoms with E-state index in [9.17, 15) is 19.2 Å². The van der Waals surface area contributed by atoms with Crippen molar-refractivity contribution < 1.29 is 28.7 Å².